The largest absolute Gasteiger partial charge is 0.416 e. The van der Waals surface area contributed by atoms with Gasteiger partial charge in [0, 0.05) is 5.56 Å². The smallest absolute Gasteiger partial charge is 0.370 e. The van der Waals surface area contributed by atoms with E-state index in [2.05, 4.69) is 11.8 Å². The lowest BCUT2D eigenvalue weighted by Crippen LogP contribution is -2.21. The molecule has 3 aromatic rings. The van der Waals surface area contributed by atoms with Crippen molar-refractivity contribution in [3.05, 3.63) is 113 Å². The van der Waals surface area contributed by atoms with Crippen LogP contribution in [0.5, 0.6) is 0 Å². The minimum atomic E-state index is -4.44. The zero-order valence-electron chi connectivity index (χ0n) is 14.8. The first-order valence-electron chi connectivity index (χ1n) is 8.59. The van der Waals surface area contributed by atoms with E-state index in [0.717, 1.165) is 17.7 Å². The molecule has 3 rings (SSSR count). The van der Waals surface area contributed by atoms with Gasteiger partial charge in [0.1, 0.15) is 0 Å². The van der Waals surface area contributed by atoms with Gasteiger partial charge >= 0.3 is 6.18 Å². The molecule has 0 radical (unpaired) electrons. The van der Waals surface area contributed by atoms with Crippen LogP contribution >= 0.6 is 0 Å². The van der Waals surface area contributed by atoms with E-state index in [0.29, 0.717) is 5.56 Å². The fourth-order valence-electron chi connectivity index (χ4n) is 2.59. The Morgan fingerprint density at radius 2 is 1.25 bits per heavy atom. The normalized spacial score (nSPS) is 13.6. The molecule has 1 unspecified atom stereocenters. The minimum Gasteiger partial charge on any atom is -0.370 e. The van der Waals surface area contributed by atoms with E-state index in [4.69, 9.17) is 0 Å². The molecule has 0 aromatic heterocycles. The van der Waals surface area contributed by atoms with Crippen molar-refractivity contribution in [1.29, 1.82) is 0 Å². The second-order valence-electron chi connectivity index (χ2n) is 6.20. The number of benzene rings is 3. The van der Waals surface area contributed by atoms with E-state index in [-0.39, 0.29) is 5.56 Å². The van der Waals surface area contributed by atoms with Crippen molar-refractivity contribution in [2.75, 3.05) is 0 Å². The van der Waals surface area contributed by atoms with Crippen molar-refractivity contribution in [3.8, 4) is 11.8 Å². The topological polar surface area (TPSA) is 20.2 Å². The highest BCUT2D eigenvalue weighted by Gasteiger charge is 2.31. The molecule has 0 bridgehead atoms. The number of aliphatic hydroxyl groups is 1. The fourth-order valence-corrected chi connectivity index (χ4v) is 2.59. The predicted octanol–water partition coefficient (Wildman–Crippen LogP) is 5.66. The Hall–Kier alpha value is -3.29. The van der Waals surface area contributed by atoms with Gasteiger partial charge in [-0.1, -0.05) is 78.6 Å². The number of hydrogen-bond donors (Lipinski definition) is 1. The molecule has 0 aliphatic heterocycles. The highest BCUT2D eigenvalue weighted by molar-refractivity contribution is 5.54. The van der Waals surface area contributed by atoms with Crippen LogP contribution in [0.4, 0.5) is 13.2 Å². The summed E-state index contributed by atoms with van der Waals surface area (Å²) in [7, 11) is 0. The minimum absolute atomic E-state index is 0.260. The van der Waals surface area contributed by atoms with Gasteiger partial charge in [0.15, 0.2) is 5.60 Å². The van der Waals surface area contributed by atoms with Crippen LogP contribution in [0.3, 0.4) is 0 Å². The third kappa shape index (κ3) is 4.91. The molecule has 1 N–H and O–H groups in total. The van der Waals surface area contributed by atoms with Crippen molar-refractivity contribution in [2.45, 2.75) is 11.8 Å². The van der Waals surface area contributed by atoms with E-state index in [1.165, 1.54) is 18.2 Å². The standard InChI is InChI=1S/C24H17F3O/c25-24(26,27)22-13-11-21(12-14-22)23(28,17-15-19-7-3-1-4-8-19)18-16-20-9-5-2-6-10-20/h1-15,17,28H/b17-15+. The van der Waals surface area contributed by atoms with E-state index in [9.17, 15) is 18.3 Å². The molecule has 0 saturated heterocycles. The average Bonchev–Trinajstić information content (AvgIpc) is 2.72. The Morgan fingerprint density at radius 3 is 1.82 bits per heavy atom. The van der Waals surface area contributed by atoms with Crippen LogP contribution in [-0.2, 0) is 11.8 Å². The van der Waals surface area contributed by atoms with Crippen molar-refractivity contribution >= 4 is 6.08 Å². The number of hydrogen-bond acceptors (Lipinski definition) is 1. The molecule has 0 fully saturated rings. The summed E-state index contributed by atoms with van der Waals surface area (Å²) < 4.78 is 38.6. The van der Waals surface area contributed by atoms with E-state index < -0.39 is 17.3 Å². The van der Waals surface area contributed by atoms with Gasteiger partial charge in [0.25, 0.3) is 0 Å². The molecule has 0 heterocycles. The molecular formula is C24H17F3O. The average molecular weight is 378 g/mol. The third-order valence-electron chi connectivity index (χ3n) is 4.14. The summed E-state index contributed by atoms with van der Waals surface area (Å²) in [5.41, 5.74) is -0.719. The van der Waals surface area contributed by atoms with E-state index >= 15 is 0 Å². The van der Waals surface area contributed by atoms with Crippen molar-refractivity contribution in [3.63, 3.8) is 0 Å². The van der Waals surface area contributed by atoms with E-state index in [1.807, 2.05) is 48.5 Å². The summed E-state index contributed by atoms with van der Waals surface area (Å²) in [6.07, 6.45) is -1.26. The Labute approximate surface area is 161 Å². The molecule has 0 amide bonds. The van der Waals surface area contributed by atoms with Crippen LogP contribution in [0.15, 0.2) is 91.0 Å². The van der Waals surface area contributed by atoms with Gasteiger partial charge in [-0.15, -0.1) is 0 Å². The zero-order chi connectivity index (χ0) is 20.0. The lowest BCUT2D eigenvalue weighted by molar-refractivity contribution is -0.137. The summed E-state index contributed by atoms with van der Waals surface area (Å²) in [6.45, 7) is 0. The Kier molecular flexibility index (Phi) is 5.67. The maximum absolute atomic E-state index is 12.9. The first kappa shape index (κ1) is 19.5. The first-order valence-corrected chi connectivity index (χ1v) is 8.59. The van der Waals surface area contributed by atoms with Gasteiger partial charge in [-0.3, -0.25) is 0 Å². The van der Waals surface area contributed by atoms with Crippen LogP contribution in [0.2, 0.25) is 0 Å². The molecule has 1 atom stereocenters. The Balaban J connectivity index is 2.01. The van der Waals surface area contributed by atoms with Crippen molar-refractivity contribution < 1.29 is 18.3 Å². The summed E-state index contributed by atoms with van der Waals surface area (Å²) >= 11 is 0. The van der Waals surface area contributed by atoms with Crippen molar-refractivity contribution in [2.24, 2.45) is 0 Å². The Bertz CT molecular complexity index is 995. The van der Waals surface area contributed by atoms with Gasteiger partial charge in [-0.05, 0) is 41.5 Å². The van der Waals surface area contributed by atoms with Crippen LogP contribution in [0.1, 0.15) is 22.3 Å². The number of rotatable bonds is 3. The highest BCUT2D eigenvalue weighted by Crippen LogP contribution is 2.31. The molecule has 0 spiro atoms. The monoisotopic (exact) mass is 378 g/mol. The maximum atomic E-state index is 12.9. The van der Waals surface area contributed by atoms with Gasteiger partial charge in [-0.25, -0.2) is 0 Å². The van der Waals surface area contributed by atoms with Crippen LogP contribution in [-0.4, -0.2) is 5.11 Å². The van der Waals surface area contributed by atoms with Crippen LogP contribution in [0.25, 0.3) is 6.08 Å². The zero-order valence-corrected chi connectivity index (χ0v) is 14.8. The lowest BCUT2D eigenvalue weighted by Gasteiger charge is -2.19. The summed E-state index contributed by atoms with van der Waals surface area (Å²) in [5, 5.41) is 11.2. The number of alkyl halides is 3. The maximum Gasteiger partial charge on any atom is 0.416 e. The van der Waals surface area contributed by atoms with Gasteiger partial charge in [0.05, 0.1) is 5.56 Å². The third-order valence-corrected chi connectivity index (χ3v) is 4.14. The summed E-state index contributed by atoms with van der Waals surface area (Å²) in [5.74, 6) is 5.69. The summed E-state index contributed by atoms with van der Waals surface area (Å²) in [4.78, 5) is 0. The summed E-state index contributed by atoms with van der Waals surface area (Å²) in [6, 6.07) is 22.8. The molecule has 0 aliphatic carbocycles. The van der Waals surface area contributed by atoms with Crippen LogP contribution < -0.4 is 0 Å². The highest BCUT2D eigenvalue weighted by atomic mass is 19.4. The Morgan fingerprint density at radius 1 is 0.714 bits per heavy atom. The van der Waals surface area contributed by atoms with Crippen molar-refractivity contribution in [1.82, 2.24) is 0 Å². The predicted molar refractivity (Wildman–Crippen MR) is 104 cm³/mol. The fraction of sp³-hybridized carbons (Fsp3) is 0.0833. The molecule has 0 aliphatic rings. The molecule has 140 valence electrons. The first-order chi connectivity index (χ1) is 13.4. The van der Waals surface area contributed by atoms with Gasteiger partial charge < -0.3 is 5.11 Å². The SMILES string of the molecule is OC(C#Cc1ccccc1)(/C=C/c1ccccc1)c1ccc(C(F)(F)F)cc1. The van der Waals surface area contributed by atoms with E-state index in [1.54, 1.807) is 18.2 Å². The molecular weight excluding hydrogens is 361 g/mol. The second-order valence-corrected chi connectivity index (χ2v) is 6.20. The lowest BCUT2D eigenvalue weighted by atomic mass is 9.92. The second kappa shape index (κ2) is 8.16. The quantitative estimate of drug-likeness (QED) is 0.583. The molecule has 3 aromatic carbocycles. The van der Waals surface area contributed by atoms with Crippen LogP contribution in [0, 0.1) is 11.8 Å². The molecule has 4 heteroatoms. The van der Waals surface area contributed by atoms with Gasteiger partial charge in [-0.2, -0.15) is 13.2 Å². The molecule has 28 heavy (non-hydrogen) atoms. The number of halogens is 3. The molecule has 0 saturated carbocycles. The molecule has 1 nitrogen and oxygen atoms in total. The van der Waals surface area contributed by atoms with Gasteiger partial charge in [0.2, 0.25) is 0 Å².